The van der Waals surface area contributed by atoms with E-state index in [-0.39, 0.29) is 29.5 Å². The van der Waals surface area contributed by atoms with Crippen LogP contribution in [0.15, 0.2) is 48.5 Å². The Bertz CT molecular complexity index is 1140. The number of carbonyl (C=O) groups is 3. The molecule has 9 heteroatoms. The van der Waals surface area contributed by atoms with Crippen molar-refractivity contribution < 1.29 is 23.5 Å². The van der Waals surface area contributed by atoms with Gasteiger partial charge in [0.15, 0.2) is 0 Å². The molecule has 0 aromatic heterocycles. The first-order valence-corrected chi connectivity index (χ1v) is 13.1. The number of amides is 3. The Hall–Kier alpha value is -3.46. The number of ether oxygens (including phenoxy) is 1. The fourth-order valence-corrected chi connectivity index (χ4v) is 5.38. The van der Waals surface area contributed by atoms with Crippen molar-refractivity contribution in [3.8, 4) is 0 Å². The van der Waals surface area contributed by atoms with Crippen molar-refractivity contribution in [3.63, 3.8) is 0 Å². The van der Waals surface area contributed by atoms with Crippen molar-refractivity contribution in [1.82, 2.24) is 15.1 Å². The van der Waals surface area contributed by atoms with Crippen LogP contribution in [-0.4, -0.2) is 85.5 Å². The zero-order valence-corrected chi connectivity index (χ0v) is 20.9. The number of nitrogens with one attached hydrogen (secondary N) is 1. The van der Waals surface area contributed by atoms with Gasteiger partial charge in [0.2, 0.25) is 0 Å². The van der Waals surface area contributed by atoms with Gasteiger partial charge in [-0.05, 0) is 49.9 Å². The van der Waals surface area contributed by atoms with E-state index >= 15 is 0 Å². The first-order chi connectivity index (χ1) is 18.0. The summed E-state index contributed by atoms with van der Waals surface area (Å²) in [6.07, 6.45) is 2.76. The van der Waals surface area contributed by atoms with Crippen LogP contribution in [-0.2, 0) is 9.53 Å². The summed E-state index contributed by atoms with van der Waals surface area (Å²) in [4.78, 5) is 44.4. The minimum atomic E-state index is -0.526. The maximum atomic E-state index is 14.0. The average Bonchev–Trinajstić information content (AvgIpc) is 3.48. The largest absolute Gasteiger partial charge is 0.371 e. The van der Waals surface area contributed by atoms with Crippen LogP contribution in [0.1, 0.15) is 46.4 Å². The quantitative estimate of drug-likeness (QED) is 0.672. The van der Waals surface area contributed by atoms with Crippen LogP contribution in [0.2, 0.25) is 0 Å². The van der Waals surface area contributed by atoms with Gasteiger partial charge >= 0.3 is 0 Å². The Morgan fingerprint density at radius 3 is 2.14 bits per heavy atom. The topological polar surface area (TPSA) is 82.2 Å². The molecule has 1 atom stereocenters. The smallest absolute Gasteiger partial charge is 0.256 e. The third-order valence-corrected chi connectivity index (χ3v) is 7.51. The highest BCUT2D eigenvalue weighted by Gasteiger charge is 2.32. The predicted octanol–water partition coefficient (Wildman–Crippen LogP) is 2.69. The van der Waals surface area contributed by atoms with E-state index in [1.54, 1.807) is 12.1 Å². The van der Waals surface area contributed by atoms with Crippen molar-refractivity contribution in [2.45, 2.75) is 37.8 Å². The number of halogens is 1. The Balaban J connectivity index is 1.17. The van der Waals surface area contributed by atoms with Crippen molar-refractivity contribution in [2.24, 2.45) is 0 Å². The highest BCUT2D eigenvalue weighted by molar-refractivity contribution is 6.00. The minimum Gasteiger partial charge on any atom is -0.371 e. The van der Waals surface area contributed by atoms with E-state index in [4.69, 9.17) is 4.74 Å². The highest BCUT2D eigenvalue weighted by Crippen LogP contribution is 2.26. The molecule has 3 aliphatic heterocycles. The average molecular weight is 509 g/mol. The summed E-state index contributed by atoms with van der Waals surface area (Å²) in [5.74, 6) is -0.920. The molecule has 196 valence electrons. The zero-order chi connectivity index (χ0) is 25.8. The molecule has 3 aliphatic rings. The van der Waals surface area contributed by atoms with Crippen molar-refractivity contribution in [1.29, 1.82) is 0 Å². The van der Waals surface area contributed by atoms with Gasteiger partial charge < -0.3 is 24.8 Å². The van der Waals surface area contributed by atoms with Crippen LogP contribution in [0.25, 0.3) is 0 Å². The molecule has 0 radical (unpaired) electrons. The van der Waals surface area contributed by atoms with Crippen LogP contribution in [0, 0.1) is 5.82 Å². The van der Waals surface area contributed by atoms with Gasteiger partial charge in [0, 0.05) is 57.6 Å². The molecule has 3 amide bonds. The number of benzene rings is 2. The molecule has 0 saturated carbocycles. The van der Waals surface area contributed by atoms with Gasteiger partial charge in [0.05, 0.1) is 11.1 Å². The minimum absolute atomic E-state index is 0.0326. The number of piperazine rings is 1. The van der Waals surface area contributed by atoms with Gasteiger partial charge in [0.1, 0.15) is 11.9 Å². The fourth-order valence-electron chi connectivity index (χ4n) is 5.38. The molecule has 0 aliphatic carbocycles. The molecule has 3 fully saturated rings. The lowest BCUT2D eigenvalue weighted by Gasteiger charge is -2.37. The first kappa shape index (κ1) is 25.2. The maximum absolute atomic E-state index is 14.0. The lowest BCUT2D eigenvalue weighted by atomic mass is 10.0. The third kappa shape index (κ3) is 5.61. The van der Waals surface area contributed by atoms with E-state index in [2.05, 4.69) is 10.2 Å². The Morgan fingerprint density at radius 2 is 1.46 bits per heavy atom. The number of hydrogen-bond acceptors (Lipinski definition) is 5. The third-order valence-electron chi connectivity index (χ3n) is 7.51. The number of carbonyl (C=O) groups excluding carboxylic acids is 3. The summed E-state index contributed by atoms with van der Waals surface area (Å²) < 4.78 is 19.5. The molecule has 1 unspecified atom stereocenters. The molecule has 2 aromatic rings. The Kier molecular flexibility index (Phi) is 7.69. The SMILES string of the molecule is O=C(NC1CCN(c2ccccc2C(=O)N2CCN(C(=O)C3CCCO3)CC2)CC1)c1ccccc1F. The monoisotopic (exact) mass is 508 g/mol. The van der Waals surface area contributed by atoms with Gasteiger partial charge in [-0.3, -0.25) is 14.4 Å². The summed E-state index contributed by atoms with van der Waals surface area (Å²) in [7, 11) is 0. The highest BCUT2D eigenvalue weighted by atomic mass is 19.1. The number of rotatable bonds is 5. The summed E-state index contributed by atoms with van der Waals surface area (Å²) in [5.41, 5.74) is 1.58. The van der Waals surface area contributed by atoms with Crippen LogP contribution in [0.4, 0.5) is 10.1 Å². The van der Waals surface area contributed by atoms with E-state index in [1.165, 1.54) is 12.1 Å². The summed E-state index contributed by atoms with van der Waals surface area (Å²) in [6.45, 7) is 4.01. The second kappa shape index (κ2) is 11.3. The van der Waals surface area contributed by atoms with Gasteiger partial charge in [0.25, 0.3) is 17.7 Å². The summed E-state index contributed by atoms with van der Waals surface area (Å²) >= 11 is 0. The van der Waals surface area contributed by atoms with E-state index in [1.807, 2.05) is 34.1 Å². The lowest BCUT2D eigenvalue weighted by Crippen LogP contribution is -2.53. The molecular weight excluding hydrogens is 475 g/mol. The van der Waals surface area contributed by atoms with Crippen LogP contribution in [0.5, 0.6) is 0 Å². The normalized spacial score (nSPS) is 20.7. The molecule has 0 bridgehead atoms. The van der Waals surface area contributed by atoms with Gasteiger partial charge in [-0.1, -0.05) is 24.3 Å². The summed E-state index contributed by atoms with van der Waals surface area (Å²) in [6, 6.07) is 13.5. The first-order valence-electron chi connectivity index (χ1n) is 13.1. The van der Waals surface area contributed by atoms with Crippen molar-refractivity contribution in [2.75, 3.05) is 50.8 Å². The molecule has 37 heavy (non-hydrogen) atoms. The van der Waals surface area contributed by atoms with Crippen LogP contribution >= 0.6 is 0 Å². The number of nitrogens with zero attached hydrogens (tertiary/aromatic N) is 3. The van der Waals surface area contributed by atoms with Crippen molar-refractivity contribution >= 4 is 23.4 Å². The molecule has 1 N–H and O–H groups in total. The van der Waals surface area contributed by atoms with Gasteiger partial charge in [-0.15, -0.1) is 0 Å². The van der Waals surface area contributed by atoms with Crippen LogP contribution < -0.4 is 10.2 Å². The predicted molar refractivity (Wildman–Crippen MR) is 137 cm³/mol. The molecule has 0 spiro atoms. The number of anilines is 1. The number of piperidine rings is 1. The molecular formula is C28H33FN4O4. The van der Waals surface area contributed by atoms with E-state index in [9.17, 15) is 18.8 Å². The molecule has 2 aromatic carbocycles. The zero-order valence-electron chi connectivity index (χ0n) is 20.9. The van der Waals surface area contributed by atoms with E-state index < -0.39 is 11.7 Å². The molecule has 5 rings (SSSR count). The number of para-hydroxylation sites is 1. The molecule has 3 saturated heterocycles. The van der Waals surface area contributed by atoms with E-state index in [0.29, 0.717) is 64.3 Å². The molecule has 3 heterocycles. The maximum Gasteiger partial charge on any atom is 0.256 e. The fraction of sp³-hybridized carbons (Fsp3) is 0.464. The molecule has 8 nitrogen and oxygen atoms in total. The number of hydrogen-bond donors (Lipinski definition) is 1. The lowest BCUT2D eigenvalue weighted by molar-refractivity contribution is -0.142. The Labute approximate surface area is 216 Å². The second-order valence-corrected chi connectivity index (χ2v) is 9.85. The van der Waals surface area contributed by atoms with Gasteiger partial charge in [-0.2, -0.15) is 0 Å². The van der Waals surface area contributed by atoms with Gasteiger partial charge in [-0.25, -0.2) is 4.39 Å². The van der Waals surface area contributed by atoms with Crippen LogP contribution in [0.3, 0.4) is 0 Å². The summed E-state index contributed by atoms with van der Waals surface area (Å²) in [5, 5.41) is 2.95. The second-order valence-electron chi connectivity index (χ2n) is 9.85. The van der Waals surface area contributed by atoms with Crippen molar-refractivity contribution in [3.05, 3.63) is 65.5 Å². The standard InChI is InChI=1S/C28H33FN4O4/c29-23-8-3-1-6-21(23)26(34)30-20-11-13-31(14-12-20)24-9-4-2-7-22(24)27(35)32-15-17-33(18-16-32)28(36)25-10-5-19-37-25/h1-4,6-9,20,25H,5,10-19H2,(H,30,34). The van der Waals surface area contributed by atoms with E-state index in [0.717, 1.165) is 18.5 Å². The Morgan fingerprint density at radius 1 is 0.811 bits per heavy atom.